The fourth-order valence-corrected chi connectivity index (χ4v) is 1.33. The molecule has 0 amide bonds. The number of hydrogen-bond acceptors (Lipinski definition) is 1. The third-order valence-corrected chi connectivity index (χ3v) is 1.82. The molecule has 1 heterocycles. The molecule has 1 aromatic rings. The minimum atomic E-state index is -0.209. The third-order valence-electron chi connectivity index (χ3n) is 1.82. The maximum atomic E-state index is 13.0. The Kier molecular flexibility index (Phi) is 1.28. The Bertz CT molecular complexity index is 328. The molecule has 0 unspecified atom stereocenters. The van der Waals surface area contributed by atoms with Crippen molar-refractivity contribution >= 4 is 11.4 Å². The minimum absolute atomic E-state index is 0.209. The lowest BCUT2D eigenvalue weighted by Crippen LogP contribution is -1.88. The number of benzene rings is 1. The van der Waals surface area contributed by atoms with Gasteiger partial charge in [-0.15, -0.1) is 0 Å². The number of aliphatic imine (C=N–C) groups is 1. The number of fused-ring (bicyclic) bond motifs is 1. The lowest BCUT2D eigenvalue weighted by Gasteiger charge is -1.95. The van der Waals surface area contributed by atoms with Crippen molar-refractivity contribution in [1.29, 1.82) is 0 Å². The molecule has 1 aromatic carbocycles. The Balaban J connectivity index is 2.61. The molecule has 56 valence electrons. The van der Waals surface area contributed by atoms with Gasteiger partial charge in [0.15, 0.2) is 0 Å². The molecule has 0 aromatic heterocycles. The van der Waals surface area contributed by atoms with Gasteiger partial charge in [-0.3, -0.25) is 4.99 Å². The first-order valence-electron chi connectivity index (χ1n) is 3.59. The highest BCUT2D eigenvalue weighted by atomic mass is 19.1. The van der Waals surface area contributed by atoms with Crippen LogP contribution in [0.4, 0.5) is 10.1 Å². The minimum Gasteiger partial charge on any atom is -0.254 e. The fourth-order valence-electron chi connectivity index (χ4n) is 1.33. The zero-order chi connectivity index (χ0) is 7.84. The van der Waals surface area contributed by atoms with E-state index in [0.29, 0.717) is 5.69 Å². The molecule has 0 radical (unpaired) electrons. The van der Waals surface area contributed by atoms with Crippen molar-refractivity contribution in [1.82, 2.24) is 0 Å². The van der Waals surface area contributed by atoms with E-state index in [4.69, 9.17) is 0 Å². The zero-order valence-corrected chi connectivity index (χ0v) is 6.26. The van der Waals surface area contributed by atoms with E-state index in [0.717, 1.165) is 17.7 Å². The van der Waals surface area contributed by atoms with Gasteiger partial charge in [0.25, 0.3) is 0 Å². The quantitative estimate of drug-likeness (QED) is 0.537. The summed E-state index contributed by atoms with van der Waals surface area (Å²) in [4.78, 5) is 4.09. The molecule has 0 spiro atoms. The SMILES string of the molecule is CC1=Nc2c(F)cccc2C1. The highest BCUT2D eigenvalue weighted by molar-refractivity contribution is 5.92. The molecule has 0 saturated heterocycles. The molecule has 2 rings (SSSR count). The Morgan fingerprint density at radius 3 is 3.00 bits per heavy atom. The number of para-hydroxylation sites is 1. The van der Waals surface area contributed by atoms with Crippen molar-refractivity contribution in [2.75, 3.05) is 0 Å². The number of hydrogen-bond donors (Lipinski definition) is 0. The summed E-state index contributed by atoms with van der Waals surface area (Å²) in [5.41, 5.74) is 2.53. The van der Waals surface area contributed by atoms with Gasteiger partial charge in [-0.1, -0.05) is 12.1 Å². The van der Waals surface area contributed by atoms with E-state index in [1.807, 2.05) is 13.0 Å². The summed E-state index contributed by atoms with van der Waals surface area (Å²) in [6, 6.07) is 5.08. The van der Waals surface area contributed by atoms with Crippen molar-refractivity contribution in [3.05, 3.63) is 29.6 Å². The van der Waals surface area contributed by atoms with Gasteiger partial charge < -0.3 is 0 Å². The molecule has 11 heavy (non-hydrogen) atoms. The second kappa shape index (κ2) is 2.16. The van der Waals surface area contributed by atoms with Gasteiger partial charge in [0.2, 0.25) is 0 Å². The highest BCUT2D eigenvalue weighted by Crippen LogP contribution is 2.28. The van der Waals surface area contributed by atoms with Gasteiger partial charge in [-0.25, -0.2) is 4.39 Å². The van der Waals surface area contributed by atoms with Crippen LogP contribution < -0.4 is 0 Å². The van der Waals surface area contributed by atoms with Crippen molar-refractivity contribution in [3.8, 4) is 0 Å². The Labute approximate surface area is 64.6 Å². The van der Waals surface area contributed by atoms with Crippen molar-refractivity contribution in [3.63, 3.8) is 0 Å². The van der Waals surface area contributed by atoms with Crippen LogP contribution in [0.3, 0.4) is 0 Å². The van der Waals surface area contributed by atoms with Crippen LogP contribution in [0.15, 0.2) is 23.2 Å². The monoisotopic (exact) mass is 149 g/mol. The molecule has 1 aliphatic rings. The Morgan fingerprint density at radius 1 is 1.45 bits per heavy atom. The predicted molar refractivity (Wildman–Crippen MR) is 42.9 cm³/mol. The van der Waals surface area contributed by atoms with Crippen LogP contribution >= 0.6 is 0 Å². The molecule has 0 atom stereocenters. The van der Waals surface area contributed by atoms with E-state index in [9.17, 15) is 4.39 Å². The number of nitrogens with zero attached hydrogens (tertiary/aromatic N) is 1. The van der Waals surface area contributed by atoms with Crippen LogP contribution in [-0.2, 0) is 6.42 Å². The molecular formula is C9H8FN. The number of rotatable bonds is 0. The first-order chi connectivity index (χ1) is 5.27. The molecule has 2 heteroatoms. The predicted octanol–water partition coefficient (Wildman–Crippen LogP) is 2.47. The standard InChI is InChI=1S/C9H8FN/c1-6-5-7-3-2-4-8(10)9(7)11-6/h2-4H,5H2,1H3. The lowest BCUT2D eigenvalue weighted by molar-refractivity contribution is 0.629. The van der Waals surface area contributed by atoms with Crippen molar-refractivity contribution in [2.45, 2.75) is 13.3 Å². The molecule has 0 aliphatic carbocycles. The second-order valence-electron chi connectivity index (χ2n) is 2.77. The fraction of sp³-hybridized carbons (Fsp3) is 0.222. The number of halogens is 1. The van der Waals surface area contributed by atoms with Crippen LogP contribution in [0, 0.1) is 5.82 Å². The first kappa shape index (κ1) is 6.53. The average molecular weight is 149 g/mol. The Hall–Kier alpha value is -1.18. The summed E-state index contributed by atoms with van der Waals surface area (Å²) < 4.78 is 13.0. The van der Waals surface area contributed by atoms with Crippen LogP contribution in [0.1, 0.15) is 12.5 Å². The molecule has 0 saturated carbocycles. The summed E-state index contributed by atoms with van der Waals surface area (Å²) in [6.07, 6.45) is 0.799. The maximum absolute atomic E-state index is 13.0. The molecule has 0 bridgehead atoms. The van der Waals surface area contributed by atoms with Crippen LogP contribution in [0.2, 0.25) is 0 Å². The molecule has 1 nitrogen and oxygen atoms in total. The molecular weight excluding hydrogens is 141 g/mol. The topological polar surface area (TPSA) is 12.4 Å². The van der Waals surface area contributed by atoms with Crippen LogP contribution in [-0.4, -0.2) is 5.71 Å². The molecule has 1 aliphatic heterocycles. The Morgan fingerprint density at radius 2 is 2.27 bits per heavy atom. The van der Waals surface area contributed by atoms with Crippen LogP contribution in [0.25, 0.3) is 0 Å². The first-order valence-corrected chi connectivity index (χ1v) is 3.59. The molecule has 0 N–H and O–H groups in total. The largest absolute Gasteiger partial charge is 0.254 e. The summed E-state index contributed by atoms with van der Waals surface area (Å²) >= 11 is 0. The summed E-state index contributed by atoms with van der Waals surface area (Å²) in [5.74, 6) is -0.209. The lowest BCUT2D eigenvalue weighted by atomic mass is 10.1. The second-order valence-corrected chi connectivity index (χ2v) is 2.77. The van der Waals surface area contributed by atoms with Gasteiger partial charge in [-0.2, -0.15) is 0 Å². The molecule has 0 fully saturated rings. The van der Waals surface area contributed by atoms with Crippen molar-refractivity contribution < 1.29 is 4.39 Å². The van der Waals surface area contributed by atoms with Gasteiger partial charge in [0.1, 0.15) is 11.5 Å². The highest BCUT2D eigenvalue weighted by Gasteiger charge is 2.13. The maximum Gasteiger partial charge on any atom is 0.149 e. The van der Waals surface area contributed by atoms with E-state index in [1.165, 1.54) is 6.07 Å². The van der Waals surface area contributed by atoms with Crippen LogP contribution in [0.5, 0.6) is 0 Å². The third kappa shape index (κ3) is 0.946. The average Bonchev–Trinajstić information content (AvgIpc) is 2.31. The summed E-state index contributed by atoms with van der Waals surface area (Å²) in [6.45, 7) is 1.92. The smallest absolute Gasteiger partial charge is 0.149 e. The van der Waals surface area contributed by atoms with E-state index < -0.39 is 0 Å². The van der Waals surface area contributed by atoms with Gasteiger partial charge in [0, 0.05) is 12.1 Å². The van der Waals surface area contributed by atoms with Gasteiger partial charge in [-0.05, 0) is 18.6 Å². The normalized spacial score (nSPS) is 14.5. The summed E-state index contributed by atoms with van der Waals surface area (Å²) in [5, 5.41) is 0. The summed E-state index contributed by atoms with van der Waals surface area (Å²) in [7, 11) is 0. The van der Waals surface area contributed by atoms with E-state index in [-0.39, 0.29) is 5.82 Å². The van der Waals surface area contributed by atoms with E-state index in [2.05, 4.69) is 4.99 Å². The van der Waals surface area contributed by atoms with Gasteiger partial charge >= 0.3 is 0 Å². The zero-order valence-electron chi connectivity index (χ0n) is 6.26. The van der Waals surface area contributed by atoms with E-state index >= 15 is 0 Å². The van der Waals surface area contributed by atoms with E-state index in [1.54, 1.807) is 6.07 Å². The van der Waals surface area contributed by atoms with Gasteiger partial charge in [0.05, 0.1) is 0 Å². The van der Waals surface area contributed by atoms with Crippen molar-refractivity contribution in [2.24, 2.45) is 4.99 Å².